The Kier molecular flexibility index (Phi) is 6.12. The number of urea groups is 1. The van der Waals surface area contributed by atoms with E-state index in [9.17, 15) is 4.79 Å². The summed E-state index contributed by atoms with van der Waals surface area (Å²) in [6.07, 6.45) is 0. The summed E-state index contributed by atoms with van der Waals surface area (Å²) in [6, 6.07) is -0.316. The molecule has 0 radical (unpaired) electrons. The van der Waals surface area contributed by atoms with Gasteiger partial charge in [0.15, 0.2) is 0 Å². The number of nitrogens with zero attached hydrogens (tertiary/aromatic N) is 1. The normalized spacial score (nSPS) is 9.64. The highest BCUT2D eigenvalue weighted by atomic mass is 32.2. The molecule has 0 saturated heterocycles. The van der Waals surface area contributed by atoms with Crippen LogP contribution in [0.15, 0.2) is 0 Å². The molecule has 4 heteroatoms. The third-order valence-electron chi connectivity index (χ3n) is 1.40. The van der Waals surface area contributed by atoms with E-state index >= 15 is 0 Å². The lowest BCUT2D eigenvalue weighted by Crippen LogP contribution is -2.37. The van der Waals surface area contributed by atoms with Crippen LogP contribution in [0.4, 0.5) is 4.79 Å². The van der Waals surface area contributed by atoms with E-state index in [0.29, 0.717) is 6.54 Å². The summed E-state index contributed by atoms with van der Waals surface area (Å²) in [5.74, 6) is 2.07. The predicted molar refractivity (Wildman–Crippen MR) is 49.8 cm³/mol. The van der Waals surface area contributed by atoms with Crippen LogP contribution in [0.2, 0.25) is 0 Å². The monoisotopic (exact) mass is 176 g/mol. The fourth-order valence-electron chi connectivity index (χ4n) is 0.743. The van der Waals surface area contributed by atoms with E-state index in [0.717, 1.165) is 18.1 Å². The summed E-state index contributed by atoms with van der Waals surface area (Å²) in [4.78, 5) is 12.3. The van der Waals surface area contributed by atoms with Crippen molar-refractivity contribution in [3.05, 3.63) is 0 Å². The van der Waals surface area contributed by atoms with Gasteiger partial charge in [0.05, 0.1) is 0 Å². The first kappa shape index (κ1) is 10.6. The number of amides is 2. The largest absolute Gasteiger partial charge is 0.351 e. The quantitative estimate of drug-likeness (QED) is 0.638. The van der Waals surface area contributed by atoms with Gasteiger partial charge in [-0.05, 0) is 12.7 Å². The number of thioether (sulfide) groups is 1. The molecule has 0 aliphatic carbocycles. The molecule has 0 bridgehead atoms. The van der Waals surface area contributed by atoms with Crippen molar-refractivity contribution in [2.75, 3.05) is 24.6 Å². The van der Waals surface area contributed by atoms with Crippen LogP contribution < -0.4 is 5.73 Å². The van der Waals surface area contributed by atoms with Crippen LogP contribution in [0.1, 0.15) is 13.8 Å². The van der Waals surface area contributed by atoms with Crippen LogP contribution in [-0.2, 0) is 0 Å². The second-order valence-electron chi connectivity index (χ2n) is 2.11. The molecule has 2 N–H and O–H groups in total. The highest BCUT2D eigenvalue weighted by Gasteiger charge is 2.04. The minimum Gasteiger partial charge on any atom is -0.351 e. The molecular weight excluding hydrogens is 160 g/mol. The molecule has 0 unspecified atom stereocenters. The fraction of sp³-hybridized carbons (Fsp3) is 0.857. The zero-order valence-electron chi connectivity index (χ0n) is 7.17. The second-order valence-corrected chi connectivity index (χ2v) is 3.51. The number of carbonyl (C=O) groups is 1. The van der Waals surface area contributed by atoms with Crippen LogP contribution in [0.25, 0.3) is 0 Å². The first-order valence-electron chi connectivity index (χ1n) is 3.84. The smallest absolute Gasteiger partial charge is 0.314 e. The summed E-state index contributed by atoms with van der Waals surface area (Å²) < 4.78 is 0. The van der Waals surface area contributed by atoms with Gasteiger partial charge in [0, 0.05) is 18.8 Å². The SMILES string of the molecule is CCSCCN(CC)C(N)=O. The van der Waals surface area contributed by atoms with Gasteiger partial charge in [-0.2, -0.15) is 11.8 Å². The molecular formula is C7H16N2OS. The maximum atomic E-state index is 10.7. The van der Waals surface area contributed by atoms with Gasteiger partial charge in [0.1, 0.15) is 0 Å². The summed E-state index contributed by atoms with van der Waals surface area (Å²) >= 11 is 1.82. The van der Waals surface area contributed by atoms with E-state index in [1.165, 1.54) is 0 Å². The fourth-order valence-corrected chi connectivity index (χ4v) is 1.38. The highest BCUT2D eigenvalue weighted by Crippen LogP contribution is 1.99. The number of rotatable bonds is 5. The number of hydrogen-bond acceptors (Lipinski definition) is 2. The Morgan fingerprint density at radius 2 is 2.18 bits per heavy atom. The Morgan fingerprint density at radius 1 is 1.55 bits per heavy atom. The molecule has 0 spiro atoms. The number of hydrogen-bond donors (Lipinski definition) is 1. The van der Waals surface area contributed by atoms with Crippen LogP contribution in [0, 0.1) is 0 Å². The van der Waals surface area contributed by atoms with E-state index in [-0.39, 0.29) is 6.03 Å². The minimum absolute atomic E-state index is 0.316. The van der Waals surface area contributed by atoms with Gasteiger partial charge in [-0.1, -0.05) is 6.92 Å². The van der Waals surface area contributed by atoms with Crippen molar-refractivity contribution in [2.24, 2.45) is 5.73 Å². The Balaban J connectivity index is 3.44. The zero-order chi connectivity index (χ0) is 8.69. The van der Waals surface area contributed by atoms with Crippen molar-refractivity contribution in [3.63, 3.8) is 0 Å². The molecule has 66 valence electrons. The van der Waals surface area contributed by atoms with Crippen molar-refractivity contribution in [2.45, 2.75) is 13.8 Å². The van der Waals surface area contributed by atoms with Crippen molar-refractivity contribution >= 4 is 17.8 Å². The van der Waals surface area contributed by atoms with Crippen molar-refractivity contribution < 1.29 is 4.79 Å². The second kappa shape index (κ2) is 6.34. The van der Waals surface area contributed by atoms with Gasteiger partial charge in [0.2, 0.25) is 0 Å². The lowest BCUT2D eigenvalue weighted by molar-refractivity contribution is 0.213. The van der Waals surface area contributed by atoms with Crippen LogP contribution >= 0.6 is 11.8 Å². The van der Waals surface area contributed by atoms with E-state index < -0.39 is 0 Å². The molecule has 11 heavy (non-hydrogen) atoms. The van der Waals surface area contributed by atoms with Gasteiger partial charge >= 0.3 is 6.03 Å². The Bertz CT molecular complexity index is 119. The van der Waals surface area contributed by atoms with Gasteiger partial charge < -0.3 is 10.6 Å². The first-order valence-corrected chi connectivity index (χ1v) is 5.00. The Labute approximate surface area is 72.3 Å². The molecule has 0 aliphatic rings. The Morgan fingerprint density at radius 3 is 2.55 bits per heavy atom. The first-order chi connectivity index (χ1) is 5.22. The summed E-state index contributed by atoms with van der Waals surface area (Å²) in [5, 5.41) is 0. The van der Waals surface area contributed by atoms with Gasteiger partial charge in [-0.15, -0.1) is 0 Å². The van der Waals surface area contributed by atoms with Crippen molar-refractivity contribution in [1.29, 1.82) is 0 Å². The number of nitrogens with two attached hydrogens (primary N) is 1. The topological polar surface area (TPSA) is 46.3 Å². The maximum Gasteiger partial charge on any atom is 0.314 e. The average molecular weight is 176 g/mol. The minimum atomic E-state index is -0.316. The van der Waals surface area contributed by atoms with Gasteiger partial charge in [0.25, 0.3) is 0 Å². The van der Waals surface area contributed by atoms with Crippen molar-refractivity contribution in [3.8, 4) is 0 Å². The molecule has 0 aromatic heterocycles. The molecule has 3 nitrogen and oxygen atoms in total. The van der Waals surface area contributed by atoms with E-state index in [2.05, 4.69) is 6.92 Å². The van der Waals surface area contributed by atoms with Crippen LogP contribution in [0.5, 0.6) is 0 Å². The molecule has 0 saturated carbocycles. The molecule has 0 heterocycles. The molecule has 0 rings (SSSR count). The molecule has 0 aromatic rings. The van der Waals surface area contributed by atoms with E-state index in [4.69, 9.17) is 5.73 Å². The lowest BCUT2D eigenvalue weighted by atomic mass is 10.5. The number of primary amides is 1. The predicted octanol–water partition coefficient (Wildman–Crippen LogP) is 1.14. The van der Waals surface area contributed by atoms with Gasteiger partial charge in [-0.3, -0.25) is 0 Å². The maximum absolute atomic E-state index is 10.7. The third-order valence-corrected chi connectivity index (χ3v) is 2.28. The Hall–Kier alpha value is -0.380. The number of carbonyl (C=O) groups excluding carboxylic acids is 1. The van der Waals surface area contributed by atoms with E-state index in [1.807, 2.05) is 18.7 Å². The van der Waals surface area contributed by atoms with Crippen LogP contribution in [0.3, 0.4) is 0 Å². The molecule has 2 amide bonds. The summed E-state index contributed by atoms with van der Waals surface area (Å²) in [5.41, 5.74) is 5.11. The third kappa shape index (κ3) is 4.95. The average Bonchev–Trinajstić information content (AvgIpc) is 1.97. The summed E-state index contributed by atoms with van der Waals surface area (Å²) in [7, 11) is 0. The standard InChI is InChI=1S/C7H16N2OS/c1-3-9(7(8)10)5-6-11-4-2/h3-6H2,1-2H3,(H2,8,10). The zero-order valence-corrected chi connectivity index (χ0v) is 7.99. The summed E-state index contributed by atoms with van der Waals surface area (Å²) in [6.45, 7) is 5.51. The molecule has 0 aromatic carbocycles. The lowest BCUT2D eigenvalue weighted by Gasteiger charge is -2.17. The molecule has 0 atom stereocenters. The van der Waals surface area contributed by atoms with Crippen LogP contribution in [-0.4, -0.2) is 35.5 Å². The van der Waals surface area contributed by atoms with Gasteiger partial charge in [-0.25, -0.2) is 4.79 Å². The molecule has 0 fully saturated rings. The molecule has 0 aliphatic heterocycles. The van der Waals surface area contributed by atoms with Crippen molar-refractivity contribution in [1.82, 2.24) is 4.90 Å². The van der Waals surface area contributed by atoms with E-state index in [1.54, 1.807) is 4.90 Å². The highest BCUT2D eigenvalue weighted by molar-refractivity contribution is 7.99.